The van der Waals surface area contributed by atoms with Gasteiger partial charge in [0.2, 0.25) is 0 Å². The molecular weight excluding hydrogens is 274 g/mol. The molecule has 2 heterocycles. The minimum atomic E-state index is 0.0132. The van der Waals surface area contributed by atoms with Crippen LogP contribution in [-0.4, -0.2) is 37.7 Å². The first-order valence-corrected chi connectivity index (χ1v) is 7.92. The largest absolute Gasteiger partial charge is 0.486 e. The first-order chi connectivity index (χ1) is 9.72. The second kappa shape index (κ2) is 6.23. The molecule has 1 aromatic rings. The standard InChI is InChI=1S/C16H22ClNO2/c1-12-4-6-18(7-5-12)11-14(17)13-2-3-15-16(10-13)20-9-8-19-15/h2-3,10,12,14H,4-9,11H2,1H3. The van der Waals surface area contributed by atoms with E-state index in [0.717, 1.165) is 42.6 Å². The fourth-order valence-corrected chi connectivity index (χ4v) is 3.16. The molecule has 1 atom stereocenters. The lowest BCUT2D eigenvalue weighted by molar-refractivity contribution is 0.171. The number of piperidine rings is 1. The first-order valence-electron chi connectivity index (χ1n) is 7.48. The van der Waals surface area contributed by atoms with E-state index < -0.39 is 0 Å². The molecule has 1 saturated heterocycles. The Labute approximate surface area is 125 Å². The SMILES string of the molecule is CC1CCN(CC(Cl)c2ccc3c(c2)OCCO3)CC1. The zero-order valence-electron chi connectivity index (χ0n) is 12.0. The molecule has 0 aromatic heterocycles. The van der Waals surface area contributed by atoms with Gasteiger partial charge in [0.25, 0.3) is 0 Å². The van der Waals surface area contributed by atoms with Crippen LogP contribution < -0.4 is 9.47 Å². The van der Waals surface area contributed by atoms with Gasteiger partial charge in [0.15, 0.2) is 11.5 Å². The lowest BCUT2D eigenvalue weighted by Crippen LogP contribution is -2.35. The van der Waals surface area contributed by atoms with Crippen LogP contribution in [0.25, 0.3) is 0 Å². The number of alkyl halides is 1. The van der Waals surface area contributed by atoms with Crippen molar-refractivity contribution in [2.75, 3.05) is 32.8 Å². The Morgan fingerprint density at radius 1 is 1.20 bits per heavy atom. The van der Waals surface area contributed by atoms with E-state index >= 15 is 0 Å². The molecule has 1 fully saturated rings. The highest BCUT2D eigenvalue weighted by atomic mass is 35.5. The molecule has 20 heavy (non-hydrogen) atoms. The molecule has 0 aliphatic carbocycles. The number of likely N-dealkylation sites (tertiary alicyclic amines) is 1. The third kappa shape index (κ3) is 3.21. The first kappa shape index (κ1) is 14.0. The van der Waals surface area contributed by atoms with Gasteiger partial charge >= 0.3 is 0 Å². The van der Waals surface area contributed by atoms with E-state index in [1.165, 1.54) is 12.8 Å². The molecule has 3 rings (SSSR count). The summed E-state index contributed by atoms with van der Waals surface area (Å²) in [6.07, 6.45) is 2.56. The zero-order valence-corrected chi connectivity index (χ0v) is 12.7. The zero-order chi connectivity index (χ0) is 13.9. The number of hydrogen-bond donors (Lipinski definition) is 0. The van der Waals surface area contributed by atoms with Crippen molar-refractivity contribution in [3.63, 3.8) is 0 Å². The van der Waals surface area contributed by atoms with Gasteiger partial charge in [-0.25, -0.2) is 0 Å². The lowest BCUT2D eigenvalue weighted by atomic mass is 9.99. The van der Waals surface area contributed by atoms with Crippen LogP contribution in [0.15, 0.2) is 18.2 Å². The van der Waals surface area contributed by atoms with Gasteiger partial charge in [0.05, 0.1) is 5.38 Å². The molecule has 4 heteroatoms. The average Bonchev–Trinajstić information content (AvgIpc) is 2.49. The van der Waals surface area contributed by atoms with E-state index in [0.29, 0.717) is 13.2 Å². The third-order valence-corrected chi connectivity index (χ3v) is 4.61. The average molecular weight is 296 g/mol. The predicted molar refractivity (Wildman–Crippen MR) is 80.9 cm³/mol. The number of hydrogen-bond acceptors (Lipinski definition) is 3. The van der Waals surface area contributed by atoms with Crippen molar-refractivity contribution in [1.82, 2.24) is 4.90 Å². The molecule has 2 aliphatic rings. The number of benzene rings is 1. The maximum absolute atomic E-state index is 6.58. The van der Waals surface area contributed by atoms with Crippen LogP contribution in [0.5, 0.6) is 11.5 Å². The number of rotatable bonds is 3. The lowest BCUT2D eigenvalue weighted by Gasteiger charge is -2.31. The highest BCUT2D eigenvalue weighted by Crippen LogP contribution is 2.34. The van der Waals surface area contributed by atoms with Crippen molar-refractivity contribution in [2.24, 2.45) is 5.92 Å². The van der Waals surface area contributed by atoms with E-state index in [1.807, 2.05) is 12.1 Å². The van der Waals surface area contributed by atoms with E-state index in [1.54, 1.807) is 0 Å². The molecule has 0 radical (unpaired) electrons. The minimum absolute atomic E-state index is 0.0132. The van der Waals surface area contributed by atoms with Crippen molar-refractivity contribution in [3.05, 3.63) is 23.8 Å². The van der Waals surface area contributed by atoms with Crippen LogP contribution in [0, 0.1) is 5.92 Å². The van der Waals surface area contributed by atoms with Crippen LogP contribution in [0.1, 0.15) is 30.7 Å². The van der Waals surface area contributed by atoms with E-state index in [9.17, 15) is 0 Å². The summed E-state index contributed by atoms with van der Waals surface area (Å²) in [7, 11) is 0. The second-order valence-corrected chi connectivity index (χ2v) is 6.38. The summed E-state index contributed by atoms with van der Waals surface area (Å²) in [6, 6.07) is 6.05. The summed E-state index contributed by atoms with van der Waals surface area (Å²) < 4.78 is 11.2. The Kier molecular flexibility index (Phi) is 4.37. The molecule has 0 bridgehead atoms. The van der Waals surface area contributed by atoms with Gasteiger partial charge in [-0.3, -0.25) is 0 Å². The minimum Gasteiger partial charge on any atom is -0.486 e. The monoisotopic (exact) mass is 295 g/mol. The second-order valence-electron chi connectivity index (χ2n) is 5.85. The van der Waals surface area contributed by atoms with Gasteiger partial charge < -0.3 is 14.4 Å². The van der Waals surface area contributed by atoms with E-state index in [2.05, 4.69) is 17.9 Å². The maximum Gasteiger partial charge on any atom is 0.161 e. The van der Waals surface area contributed by atoms with Crippen LogP contribution in [0.2, 0.25) is 0 Å². The van der Waals surface area contributed by atoms with Gasteiger partial charge in [-0.2, -0.15) is 0 Å². The molecule has 110 valence electrons. The normalized spacial score (nSPS) is 21.7. The summed E-state index contributed by atoms with van der Waals surface area (Å²) in [6.45, 7) is 6.81. The molecule has 3 nitrogen and oxygen atoms in total. The van der Waals surface area contributed by atoms with Gasteiger partial charge in [-0.05, 0) is 49.5 Å². The van der Waals surface area contributed by atoms with Gasteiger partial charge in [-0.1, -0.05) is 13.0 Å². The maximum atomic E-state index is 6.58. The van der Waals surface area contributed by atoms with Gasteiger partial charge in [-0.15, -0.1) is 11.6 Å². The number of halogens is 1. The summed E-state index contributed by atoms with van der Waals surface area (Å²) in [4.78, 5) is 2.47. The topological polar surface area (TPSA) is 21.7 Å². The highest BCUT2D eigenvalue weighted by Gasteiger charge is 2.20. The van der Waals surface area contributed by atoms with Gasteiger partial charge in [0.1, 0.15) is 13.2 Å². The summed E-state index contributed by atoms with van der Waals surface area (Å²) in [5.41, 5.74) is 1.12. The Hall–Kier alpha value is -0.930. The summed E-state index contributed by atoms with van der Waals surface area (Å²) in [5, 5.41) is 0.0132. The fourth-order valence-electron chi connectivity index (χ4n) is 2.83. The molecular formula is C16H22ClNO2. The van der Waals surface area contributed by atoms with Crippen molar-refractivity contribution in [1.29, 1.82) is 0 Å². The smallest absolute Gasteiger partial charge is 0.161 e. The van der Waals surface area contributed by atoms with Crippen molar-refractivity contribution in [2.45, 2.75) is 25.1 Å². The summed E-state index contributed by atoms with van der Waals surface area (Å²) >= 11 is 6.58. The van der Waals surface area contributed by atoms with E-state index in [4.69, 9.17) is 21.1 Å². The molecule has 1 unspecified atom stereocenters. The van der Waals surface area contributed by atoms with Crippen LogP contribution in [0.4, 0.5) is 0 Å². The molecule has 2 aliphatic heterocycles. The predicted octanol–water partition coefficient (Wildman–Crippen LogP) is 3.47. The van der Waals surface area contributed by atoms with Crippen LogP contribution in [-0.2, 0) is 0 Å². The van der Waals surface area contributed by atoms with E-state index in [-0.39, 0.29) is 5.38 Å². The number of fused-ring (bicyclic) bond motifs is 1. The summed E-state index contributed by atoms with van der Waals surface area (Å²) in [5.74, 6) is 2.51. The quantitative estimate of drug-likeness (QED) is 0.797. The van der Waals surface area contributed by atoms with Gasteiger partial charge in [0, 0.05) is 6.54 Å². The number of ether oxygens (including phenoxy) is 2. The molecule has 0 saturated carbocycles. The molecule has 0 N–H and O–H groups in total. The molecule has 0 amide bonds. The third-order valence-electron chi connectivity index (χ3n) is 4.22. The van der Waals surface area contributed by atoms with Crippen molar-refractivity contribution < 1.29 is 9.47 Å². The van der Waals surface area contributed by atoms with Crippen molar-refractivity contribution in [3.8, 4) is 11.5 Å². The highest BCUT2D eigenvalue weighted by molar-refractivity contribution is 6.21. The Morgan fingerprint density at radius 3 is 2.65 bits per heavy atom. The van der Waals surface area contributed by atoms with Crippen LogP contribution in [0.3, 0.4) is 0 Å². The van der Waals surface area contributed by atoms with Crippen molar-refractivity contribution >= 4 is 11.6 Å². The molecule has 1 aromatic carbocycles. The Morgan fingerprint density at radius 2 is 1.90 bits per heavy atom. The van der Waals surface area contributed by atoms with Crippen LogP contribution >= 0.6 is 11.6 Å². The Bertz CT molecular complexity index is 458. The number of nitrogens with zero attached hydrogens (tertiary/aromatic N) is 1. The Balaban J connectivity index is 1.63. The fraction of sp³-hybridized carbons (Fsp3) is 0.625. The molecule has 0 spiro atoms.